The number of hydrogen-bond donors (Lipinski definition) is 0. The molecule has 0 atom stereocenters. The van der Waals surface area contributed by atoms with Gasteiger partial charge in [-0.2, -0.15) is 0 Å². The molecule has 1 amide bonds. The SMILES string of the molecule is COC(=O)c1cc(SC2CCN(C(=O)OC(C)(C)C)CC2)ncn1. The molecule has 132 valence electrons. The van der Waals surface area contributed by atoms with E-state index in [4.69, 9.17) is 4.74 Å². The molecule has 0 unspecified atom stereocenters. The zero-order valence-corrected chi connectivity index (χ0v) is 15.3. The van der Waals surface area contributed by atoms with E-state index in [0.717, 1.165) is 17.9 Å². The molecule has 24 heavy (non-hydrogen) atoms. The third-order valence-electron chi connectivity index (χ3n) is 3.42. The van der Waals surface area contributed by atoms with Gasteiger partial charge in [-0.3, -0.25) is 0 Å². The minimum absolute atomic E-state index is 0.251. The molecule has 0 radical (unpaired) electrons. The number of hydrogen-bond acceptors (Lipinski definition) is 7. The molecule has 1 aliphatic rings. The minimum atomic E-state index is -0.478. The number of rotatable bonds is 3. The van der Waals surface area contributed by atoms with Gasteiger partial charge in [0.05, 0.1) is 7.11 Å². The van der Waals surface area contributed by atoms with Crippen LogP contribution in [-0.4, -0.2) is 58.0 Å². The number of methoxy groups -OCH3 is 1. The Morgan fingerprint density at radius 1 is 1.25 bits per heavy atom. The third-order valence-corrected chi connectivity index (χ3v) is 4.69. The zero-order valence-electron chi connectivity index (χ0n) is 14.4. The Bertz CT molecular complexity index is 595. The number of likely N-dealkylation sites (tertiary alicyclic amines) is 1. The summed E-state index contributed by atoms with van der Waals surface area (Å²) in [5.41, 5.74) is -0.227. The first-order chi connectivity index (χ1) is 11.3. The summed E-state index contributed by atoms with van der Waals surface area (Å²) in [5.74, 6) is -0.473. The van der Waals surface area contributed by atoms with E-state index in [1.54, 1.807) is 22.7 Å². The van der Waals surface area contributed by atoms with Crippen molar-refractivity contribution in [1.29, 1.82) is 0 Å². The van der Waals surface area contributed by atoms with Crippen LogP contribution in [0.5, 0.6) is 0 Å². The van der Waals surface area contributed by atoms with Gasteiger partial charge >= 0.3 is 12.1 Å². The molecule has 1 saturated heterocycles. The van der Waals surface area contributed by atoms with E-state index in [1.807, 2.05) is 20.8 Å². The molecule has 0 bridgehead atoms. The van der Waals surface area contributed by atoms with Gasteiger partial charge in [-0.05, 0) is 33.6 Å². The molecule has 0 saturated carbocycles. The van der Waals surface area contributed by atoms with E-state index < -0.39 is 11.6 Å². The lowest BCUT2D eigenvalue weighted by Crippen LogP contribution is -2.42. The Hall–Kier alpha value is -1.83. The largest absolute Gasteiger partial charge is 0.464 e. The van der Waals surface area contributed by atoms with Gasteiger partial charge < -0.3 is 14.4 Å². The number of piperidine rings is 1. The molecule has 0 aliphatic carbocycles. The van der Waals surface area contributed by atoms with Crippen LogP contribution in [0, 0.1) is 0 Å². The fourth-order valence-corrected chi connectivity index (χ4v) is 3.35. The number of carbonyl (C=O) groups excluding carboxylic acids is 2. The van der Waals surface area contributed by atoms with Crippen molar-refractivity contribution in [3.63, 3.8) is 0 Å². The number of aromatic nitrogens is 2. The number of ether oxygens (including phenoxy) is 2. The lowest BCUT2D eigenvalue weighted by atomic mass is 10.1. The number of amides is 1. The first-order valence-electron chi connectivity index (χ1n) is 7.83. The van der Waals surface area contributed by atoms with Crippen molar-refractivity contribution >= 4 is 23.8 Å². The van der Waals surface area contributed by atoms with Gasteiger partial charge in [0.1, 0.15) is 17.0 Å². The van der Waals surface area contributed by atoms with Crippen molar-refractivity contribution in [3.8, 4) is 0 Å². The van der Waals surface area contributed by atoms with Crippen LogP contribution in [0.4, 0.5) is 4.79 Å². The maximum atomic E-state index is 12.1. The van der Waals surface area contributed by atoms with E-state index >= 15 is 0 Å². The average molecular weight is 353 g/mol. The van der Waals surface area contributed by atoms with Gasteiger partial charge in [0.25, 0.3) is 0 Å². The van der Waals surface area contributed by atoms with Crippen molar-refractivity contribution in [1.82, 2.24) is 14.9 Å². The second kappa shape index (κ2) is 7.83. The van der Waals surface area contributed by atoms with Gasteiger partial charge in [-0.25, -0.2) is 19.6 Å². The molecule has 1 aromatic rings. The van der Waals surface area contributed by atoms with Crippen LogP contribution < -0.4 is 0 Å². The van der Waals surface area contributed by atoms with Gasteiger partial charge in [0, 0.05) is 24.4 Å². The van der Waals surface area contributed by atoms with Crippen LogP contribution in [0.3, 0.4) is 0 Å². The fourth-order valence-electron chi connectivity index (χ4n) is 2.27. The summed E-state index contributed by atoms with van der Waals surface area (Å²) >= 11 is 1.60. The molecule has 0 aromatic carbocycles. The Balaban J connectivity index is 1.87. The van der Waals surface area contributed by atoms with E-state index in [9.17, 15) is 9.59 Å². The normalized spacial score (nSPS) is 15.9. The van der Waals surface area contributed by atoms with Crippen LogP contribution in [0.2, 0.25) is 0 Å². The lowest BCUT2D eigenvalue weighted by Gasteiger charge is -2.33. The molecule has 2 heterocycles. The summed E-state index contributed by atoms with van der Waals surface area (Å²) in [5, 5.41) is 1.07. The Labute approximate surface area is 146 Å². The van der Waals surface area contributed by atoms with Gasteiger partial charge in [0.15, 0.2) is 5.69 Å². The minimum Gasteiger partial charge on any atom is -0.464 e. The Morgan fingerprint density at radius 2 is 1.92 bits per heavy atom. The van der Waals surface area contributed by atoms with Crippen molar-refractivity contribution in [2.24, 2.45) is 0 Å². The summed E-state index contributed by atoms with van der Waals surface area (Å²) in [6.07, 6.45) is 2.80. The third kappa shape index (κ3) is 5.36. The topological polar surface area (TPSA) is 81.6 Å². The highest BCUT2D eigenvalue weighted by molar-refractivity contribution is 7.99. The average Bonchev–Trinajstić information content (AvgIpc) is 2.53. The first kappa shape index (κ1) is 18.5. The van der Waals surface area contributed by atoms with Crippen molar-refractivity contribution < 1.29 is 19.1 Å². The summed E-state index contributed by atoms with van der Waals surface area (Å²) in [6, 6.07) is 1.64. The number of esters is 1. The molecule has 7 nitrogen and oxygen atoms in total. The van der Waals surface area contributed by atoms with Gasteiger partial charge in [0.2, 0.25) is 0 Å². The highest BCUT2D eigenvalue weighted by Crippen LogP contribution is 2.29. The van der Waals surface area contributed by atoms with E-state index in [1.165, 1.54) is 13.4 Å². The number of carbonyl (C=O) groups is 2. The summed E-state index contributed by atoms with van der Waals surface area (Å²) in [4.78, 5) is 33.4. The lowest BCUT2D eigenvalue weighted by molar-refractivity contribution is 0.0219. The van der Waals surface area contributed by atoms with Crippen LogP contribution in [-0.2, 0) is 9.47 Å². The Morgan fingerprint density at radius 3 is 2.50 bits per heavy atom. The molecule has 1 fully saturated rings. The van der Waals surface area contributed by atoms with Crippen molar-refractivity contribution in [2.75, 3.05) is 20.2 Å². The molecule has 1 aromatic heterocycles. The zero-order chi connectivity index (χ0) is 17.7. The first-order valence-corrected chi connectivity index (χ1v) is 8.71. The fraction of sp³-hybridized carbons (Fsp3) is 0.625. The summed E-state index contributed by atoms with van der Waals surface area (Å²) < 4.78 is 10.1. The molecular formula is C16H23N3O4S. The van der Waals surface area contributed by atoms with Crippen LogP contribution >= 0.6 is 11.8 Å². The monoisotopic (exact) mass is 353 g/mol. The number of thioether (sulfide) groups is 1. The molecular weight excluding hydrogens is 330 g/mol. The predicted octanol–water partition coefficient (Wildman–Crippen LogP) is 2.75. The summed E-state index contributed by atoms with van der Waals surface area (Å²) in [6.45, 7) is 6.90. The maximum absolute atomic E-state index is 12.1. The Kier molecular flexibility index (Phi) is 6.04. The summed E-state index contributed by atoms with van der Waals surface area (Å²) in [7, 11) is 1.32. The quantitative estimate of drug-likeness (QED) is 0.610. The van der Waals surface area contributed by atoms with E-state index in [0.29, 0.717) is 18.3 Å². The second-order valence-electron chi connectivity index (χ2n) is 6.52. The van der Waals surface area contributed by atoms with E-state index in [2.05, 4.69) is 14.7 Å². The second-order valence-corrected chi connectivity index (χ2v) is 7.84. The van der Waals surface area contributed by atoms with Crippen molar-refractivity contribution in [2.45, 2.75) is 49.5 Å². The predicted molar refractivity (Wildman–Crippen MR) is 90.1 cm³/mol. The van der Waals surface area contributed by atoms with Gasteiger partial charge in [-0.1, -0.05) is 0 Å². The smallest absolute Gasteiger partial charge is 0.410 e. The molecule has 0 spiro atoms. The standard InChI is InChI=1S/C16H23N3O4S/c1-16(2,3)23-15(21)19-7-5-11(6-8-19)24-13-9-12(14(20)22-4)17-10-18-13/h9-11H,5-8H2,1-4H3. The molecule has 2 rings (SSSR count). The highest BCUT2D eigenvalue weighted by Gasteiger charge is 2.27. The maximum Gasteiger partial charge on any atom is 0.410 e. The van der Waals surface area contributed by atoms with E-state index in [-0.39, 0.29) is 11.8 Å². The van der Waals surface area contributed by atoms with Crippen LogP contribution in [0.1, 0.15) is 44.1 Å². The van der Waals surface area contributed by atoms with Crippen LogP contribution in [0.25, 0.3) is 0 Å². The van der Waals surface area contributed by atoms with Crippen molar-refractivity contribution in [3.05, 3.63) is 18.1 Å². The molecule has 1 aliphatic heterocycles. The van der Waals surface area contributed by atoms with Crippen LogP contribution in [0.15, 0.2) is 17.4 Å². The number of nitrogens with zero attached hydrogens (tertiary/aromatic N) is 3. The molecule has 0 N–H and O–H groups in total. The molecule has 8 heteroatoms. The highest BCUT2D eigenvalue weighted by atomic mass is 32.2. The van der Waals surface area contributed by atoms with Gasteiger partial charge in [-0.15, -0.1) is 11.8 Å².